The fraction of sp³-hybridized carbons (Fsp3) is 0.150. The topological polar surface area (TPSA) is 78.9 Å². The number of phenolic OH excluding ortho intramolecular Hbond substituents is 1. The Morgan fingerprint density at radius 1 is 1.25 bits per heavy atom. The van der Waals surface area contributed by atoms with Crippen LogP contribution in [0.4, 0.5) is 5.69 Å². The first-order valence-electron chi connectivity index (χ1n) is 8.45. The van der Waals surface area contributed by atoms with Crippen LogP contribution in [-0.2, 0) is 9.59 Å². The number of nitrogens with one attached hydrogen (secondary N) is 1. The predicted octanol–water partition coefficient (Wildman–Crippen LogP) is 3.69. The molecule has 2 N–H and O–H groups in total. The van der Waals surface area contributed by atoms with Crippen molar-refractivity contribution in [2.75, 3.05) is 11.5 Å². The maximum Gasteiger partial charge on any atom is 0.270 e. The summed E-state index contributed by atoms with van der Waals surface area (Å²) in [6, 6.07) is 10.4. The number of aromatic hydroxyl groups is 1. The Kier molecular flexibility index (Phi) is 5.81. The molecule has 6 nitrogen and oxygen atoms in total. The Balaban J connectivity index is 2.03. The number of halogens is 1. The van der Waals surface area contributed by atoms with Crippen molar-refractivity contribution >= 4 is 56.8 Å². The highest BCUT2D eigenvalue weighted by atomic mass is 79.9. The van der Waals surface area contributed by atoms with Gasteiger partial charge in [-0.3, -0.25) is 19.8 Å². The van der Waals surface area contributed by atoms with Gasteiger partial charge < -0.3 is 9.84 Å². The number of benzene rings is 2. The lowest BCUT2D eigenvalue weighted by atomic mass is 10.1. The summed E-state index contributed by atoms with van der Waals surface area (Å²) in [5.41, 5.74) is 2.04. The number of anilines is 1. The van der Waals surface area contributed by atoms with Gasteiger partial charge in [0.2, 0.25) is 0 Å². The minimum absolute atomic E-state index is 0.0258. The van der Waals surface area contributed by atoms with E-state index in [1.165, 1.54) is 11.0 Å². The molecule has 8 heteroatoms. The maximum atomic E-state index is 13.0. The number of ether oxygens (including phenoxy) is 1. The van der Waals surface area contributed by atoms with E-state index in [9.17, 15) is 14.7 Å². The number of carbonyl (C=O) groups is 2. The lowest BCUT2D eigenvalue weighted by Gasteiger charge is -2.29. The standard InChI is InChI=1S/C20H17BrN2O4S/c1-3-27-16-10-12(9-15(21)17(16)24)8-14-18(25)22-20(28)23(19(14)26)13-6-4-11(2)5-7-13/h4-10,24H,3H2,1-2H3,(H,22,25,28)/b14-8+. The number of aryl methyl sites for hydroxylation is 1. The molecule has 0 radical (unpaired) electrons. The smallest absolute Gasteiger partial charge is 0.270 e. The first-order chi connectivity index (χ1) is 13.3. The van der Waals surface area contributed by atoms with E-state index < -0.39 is 11.8 Å². The van der Waals surface area contributed by atoms with Crippen LogP contribution in [0.3, 0.4) is 0 Å². The highest BCUT2D eigenvalue weighted by molar-refractivity contribution is 9.10. The second kappa shape index (κ2) is 8.12. The molecule has 2 amide bonds. The number of thiocarbonyl (C=S) groups is 1. The summed E-state index contributed by atoms with van der Waals surface area (Å²) in [6.45, 7) is 4.08. The van der Waals surface area contributed by atoms with Gasteiger partial charge in [0.05, 0.1) is 16.8 Å². The molecule has 0 unspecified atom stereocenters. The summed E-state index contributed by atoms with van der Waals surface area (Å²) >= 11 is 8.44. The van der Waals surface area contributed by atoms with Gasteiger partial charge in [0.25, 0.3) is 11.8 Å². The zero-order chi connectivity index (χ0) is 20.4. The van der Waals surface area contributed by atoms with Crippen molar-refractivity contribution in [1.82, 2.24) is 5.32 Å². The van der Waals surface area contributed by atoms with Crippen molar-refractivity contribution < 1.29 is 19.4 Å². The number of hydrogen-bond acceptors (Lipinski definition) is 5. The minimum atomic E-state index is -0.583. The van der Waals surface area contributed by atoms with Crippen molar-refractivity contribution in [3.63, 3.8) is 0 Å². The van der Waals surface area contributed by atoms with E-state index in [-0.39, 0.29) is 22.2 Å². The molecule has 1 saturated heterocycles. The zero-order valence-electron chi connectivity index (χ0n) is 15.2. The number of carbonyl (C=O) groups excluding carboxylic acids is 2. The molecule has 0 aliphatic carbocycles. The van der Waals surface area contributed by atoms with Gasteiger partial charge in [0, 0.05) is 0 Å². The van der Waals surface area contributed by atoms with E-state index in [0.717, 1.165) is 5.56 Å². The van der Waals surface area contributed by atoms with Crippen LogP contribution in [0, 0.1) is 6.92 Å². The lowest BCUT2D eigenvalue weighted by molar-refractivity contribution is -0.122. The second-order valence-corrected chi connectivity index (χ2v) is 7.32. The predicted molar refractivity (Wildman–Crippen MR) is 114 cm³/mol. The number of phenols is 1. The van der Waals surface area contributed by atoms with Crippen LogP contribution < -0.4 is 15.0 Å². The van der Waals surface area contributed by atoms with Gasteiger partial charge in [-0.1, -0.05) is 17.7 Å². The Morgan fingerprint density at radius 3 is 2.57 bits per heavy atom. The van der Waals surface area contributed by atoms with Gasteiger partial charge in [-0.25, -0.2) is 0 Å². The van der Waals surface area contributed by atoms with Gasteiger partial charge in [-0.15, -0.1) is 0 Å². The first kappa shape index (κ1) is 20.0. The van der Waals surface area contributed by atoms with E-state index in [1.54, 1.807) is 31.2 Å². The Morgan fingerprint density at radius 2 is 1.93 bits per heavy atom. The van der Waals surface area contributed by atoms with E-state index in [4.69, 9.17) is 17.0 Å². The highest BCUT2D eigenvalue weighted by Crippen LogP contribution is 2.36. The summed E-state index contributed by atoms with van der Waals surface area (Å²) in [5.74, 6) is -0.913. The first-order valence-corrected chi connectivity index (χ1v) is 9.65. The summed E-state index contributed by atoms with van der Waals surface area (Å²) in [4.78, 5) is 26.7. The highest BCUT2D eigenvalue weighted by Gasteiger charge is 2.34. The molecule has 0 aromatic heterocycles. The Bertz CT molecular complexity index is 1000. The van der Waals surface area contributed by atoms with Gasteiger partial charge in [0.1, 0.15) is 5.57 Å². The van der Waals surface area contributed by atoms with Crippen LogP contribution >= 0.6 is 28.1 Å². The third-order valence-corrected chi connectivity index (χ3v) is 4.94. The third kappa shape index (κ3) is 3.93. The van der Waals surface area contributed by atoms with Gasteiger partial charge >= 0.3 is 0 Å². The normalized spacial score (nSPS) is 15.8. The van der Waals surface area contributed by atoms with Crippen LogP contribution in [0.1, 0.15) is 18.1 Å². The van der Waals surface area contributed by atoms with Gasteiger partial charge in [-0.05, 0) is 77.9 Å². The van der Waals surface area contributed by atoms with Gasteiger partial charge in [0.15, 0.2) is 16.6 Å². The van der Waals surface area contributed by atoms with E-state index in [0.29, 0.717) is 22.3 Å². The summed E-state index contributed by atoms with van der Waals surface area (Å²) in [7, 11) is 0. The number of rotatable bonds is 4. The molecule has 3 rings (SSSR count). The largest absolute Gasteiger partial charge is 0.503 e. The summed E-state index contributed by atoms with van der Waals surface area (Å²) in [5, 5.41) is 12.6. The molecule has 0 atom stereocenters. The number of amides is 2. The monoisotopic (exact) mass is 460 g/mol. The fourth-order valence-electron chi connectivity index (χ4n) is 2.70. The number of nitrogens with zero attached hydrogens (tertiary/aromatic N) is 1. The minimum Gasteiger partial charge on any atom is -0.503 e. The maximum absolute atomic E-state index is 13.0. The molecule has 28 heavy (non-hydrogen) atoms. The van der Waals surface area contributed by atoms with E-state index in [2.05, 4.69) is 21.2 Å². The molecular weight excluding hydrogens is 444 g/mol. The molecule has 1 heterocycles. The molecule has 0 bridgehead atoms. The molecular formula is C20H17BrN2O4S. The summed E-state index contributed by atoms with van der Waals surface area (Å²) < 4.78 is 5.78. The molecule has 1 aliphatic heterocycles. The van der Waals surface area contributed by atoms with Crippen molar-refractivity contribution in [3.05, 3.63) is 57.6 Å². The van der Waals surface area contributed by atoms with Crippen LogP contribution in [0.2, 0.25) is 0 Å². The third-order valence-electron chi connectivity index (χ3n) is 4.06. The van der Waals surface area contributed by atoms with Crippen LogP contribution in [-0.4, -0.2) is 28.6 Å². The van der Waals surface area contributed by atoms with Crippen LogP contribution in [0.15, 0.2) is 46.4 Å². The molecule has 2 aromatic rings. The average Bonchev–Trinajstić information content (AvgIpc) is 2.64. The molecule has 0 saturated carbocycles. The van der Waals surface area contributed by atoms with E-state index in [1.807, 2.05) is 19.1 Å². The quantitative estimate of drug-likeness (QED) is 0.413. The van der Waals surface area contributed by atoms with Crippen LogP contribution in [0.5, 0.6) is 11.5 Å². The van der Waals surface area contributed by atoms with Crippen LogP contribution in [0.25, 0.3) is 6.08 Å². The van der Waals surface area contributed by atoms with Crippen molar-refractivity contribution in [3.8, 4) is 11.5 Å². The van der Waals surface area contributed by atoms with Crippen molar-refractivity contribution in [2.45, 2.75) is 13.8 Å². The Labute approximate surface area is 175 Å². The van der Waals surface area contributed by atoms with Crippen molar-refractivity contribution in [1.29, 1.82) is 0 Å². The Hall–Kier alpha value is -2.71. The molecule has 1 aliphatic rings. The number of hydrogen-bond donors (Lipinski definition) is 2. The summed E-state index contributed by atoms with van der Waals surface area (Å²) in [6.07, 6.45) is 1.44. The second-order valence-electron chi connectivity index (χ2n) is 6.08. The SMILES string of the molecule is CCOc1cc(/C=C2\C(=O)NC(=S)N(c3ccc(C)cc3)C2=O)cc(Br)c1O. The fourth-order valence-corrected chi connectivity index (χ4v) is 3.44. The van der Waals surface area contributed by atoms with Crippen molar-refractivity contribution in [2.24, 2.45) is 0 Å². The van der Waals surface area contributed by atoms with E-state index >= 15 is 0 Å². The molecule has 0 spiro atoms. The molecule has 2 aromatic carbocycles. The lowest BCUT2D eigenvalue weighted by Crippen LogP contribution is -2.54. The zero-order valence-corrected chi connectivity index (χ0v) is 17.6. The van der Waals surface area contributed by atoms with Gasteiger partial charge in [-0.2, -0.15) is 0 Å². The molecule has 1 fully saturated rings. The molecule has 144 valence electrons. The average molecular weight is 461 g/mol.